The number of benzene rings is 1. The van der Waals surface area contributed by atoms with E-state index in [4.69, 9.17) is 5.11 Å². The highest BCUT2D eigenvalue weighted by Crippen LogP contribution is 2.19. The molecule has 1 atom stereocenters. The number of nitrogens with one attached hydrogen (secondary N) is 2. The maximum Gasteiger partial charge on any atom is 0.326 e. The van der Waals surface area contributed by atoms with Crippen LogP contribution in [0.1, 0.15) is 12.0 Å². The largest absolute Gasteiger partial charge is 0.480 e. The Bertz CT molecular complexity index is 497. The van der Waals surface area contributed by atoms with Crippen molar-refractivity contribution in [3.63, 3.8) is 0 Å². The minimum atomic E-state index is -1.03. The smallest absolute Gasteiger partial charge is 0.326 e. The van der Waals surface area contributed by atoms with Crippen LogP contribution >= 0.6 is 27.7 Å². The SMILES string of the molecule is CSCC[C@@H](NC(=O)Nc1ccc(Br)c(C)c1)C(=O)O. The first kappa shape index (κ1) is 16.8. The summed E-state index contributed by atoms with van der Waals surface area (Å²) in [6.45, 7) is 1.91. The summed E-state index contributed by atoms with van der Waals surface area (Å²) in [6, 6.07) is 3.99. The van der Waals surface area contributed by atoms with Crippen molar-refractivity contribution < 1.29 is 14.7 Å². The summed E-state index contributed by atoms with van der Waals surface area (Å²) in [4.78, 5) is 22.8. The number of hydrogen-bond donors (Lipinski definition) is 3. The molecule has 0 aliphatic rings. The van der Waals surface area contributed by atoms with Gasteiger partial charge in [-0.3, -0.25) is 0 Å². The molecule has 0 saturated carbocycles. The molecular formula is C13H17BrN2O3S. The van der Waals surface area contributed by atoms with E-state index in [0.717, 1.165) is 10.0 Å². The van der Waals surface area contributed by atoms with Crippen LogP contribution in [0.2, 0.25) is 0 Å². The van der Waals surface area contributed by atoms with E-state index in [1.807, 2.05) is 19.2 Å². The Labute approximate surface area is 130 Å². The van der Waals surface area contributed by atoms with E-state index in [2.05, 4.69) is 26.6 Å². The number of aryl methyl sites for hydroxylation is 1. The molecule has 0 aromatic heterocycles. The maximum atomic E-state index is 11.8. The van der Waals surface area contributed by atoms with Crippen LogP contribution in [-0.4, -0.2) is 35.2 Å². The Kier molecular flexibility index (Phi) is 6.87. The molecule has 0 aliphatic heterocycles. The van der Waals surface area contributed by atoms with Crippen molar-refractivity contribution in [2.45, 2.75) is 19.4 Å². The van der Waals surface area contributed by atoms with Gasteiger partial charge in [-0.15, -0.1) is 0 Å². The second-order valence-electron chi connectivity index (χ2n) is 4.23. The number of thioether (sulfide) groups is 1. The zero-order valence-corrected chi connectivity index (χ0v) is 13.7. The second kappa shape index (κ2) is 8.16. The average molecular weight is 361 g/mol. The monoisotopic (exact) mass is 360 g/mol. The van der Waals surface area contributed by atoms with Crippen LogP contribution in [0.3, 0.4) is 0 Å². The van der Waals surface area contributed by atoms with Crippen LogP contribution in [0.4, 0.5) is 10.5 Å². The Morgan fingerprint density at radius 1 is 1.45 bits per heavy atom. The third kappa shape index (κ3) is 5.42. The highest BCUT2D eigenvalue weighted by molar-refractivity contribution is 9.10. The standard InChI is InChI=1S/C13H17BrN2O3S/c1-8-7-9(3-4-10(8)14)15-13(19)16-11(12(17)18)5-6-20-2/h3-4,7,11H,5-6H2,1-2H3,(H,17,18)(H2,15,16,19)/t11-/m1/s1. The van der Waals surface area contributed by atoms with E-state index in [1.54, 1.807) is 23.9 Å². The van der Waals surface area contributed by atoms with Gasteiger partial charge in [0.05, 0.1) is 0 Å². The maximum absolute atomic E-state index is 11.8. The molecule has 110 valence electrons. The van der Waals surface area contributed by atoms with Crippen molar-refractivity contribution in [3.05, 3.63) is 28.2 Å². The average Bonchev–Trinajstić information content (AvgIpc) is 2.38. The van der Waals surface area contributed by atoms with Gasteiger partial charge in [0.1, 0.15) is 6.04 Å². The van der Waals surface area contributed by atoms with E-state index in [0.29, 0.717) is 17.9 Å². The molecule has 0 spiro atoms. The first-order chi connectivity index (χ1) is 9.43. The lowest BCUT2D eigenvalue weighted by atomic mass is 10.2. The molecule has 1 aromatic carbocycles. The summed E-state index contributed by atoms with van der Waals surface area (Å²) in [5.74, 6) is -0.351. The zero-order chi connectivity index (χ0) is 15.1. The predicted molar refractivity (Wildman–Crippen MR) is 85.5 cm³/mol. The second-order valence-corrected chi connectivity index (χ2v) is 6.07. The molecule has 0 aliphatic carbocycles. The van der Waals surface area contributed by atoms with Crippen molar-refractivity contribution >= 4 is 45.4 Å². The Balaban J connectivity index is 2.60. The molecule has 0 radical (unpaired) electrons. The summed E-state index contributed by atoms with van der Waals surface area (Å²) >= 11 is 4.92. The number of anilines is 1. The van der Waals surface area contributed by atoms with Crippen LogP contribution in [0.15, 0.2) is 22.7 Å². The van der Waals surface area contributed by atoms with Gasteiger partial charge in [0.15, 0.2) is 0 Å². The summed E-state index contributed by atoms with van der Waals surface area (Å²) in [7, 11) is 0. The van der Waals surface area contributed by atoms with Crippen LogP contribution in [0, 0.1) is 6.92 Å². The van der Waals surface area contributed by atoms with E-state index in [1.165, 1.54) is 0 Å². The molecule has 1 aromatic rings. The van der Waals surface area contributed by atoms with Gasteiger partial charge in [0.2, 0.25) is 0 Å². The number of urea groups is 1. The van der Waals surface area contributed by atoms with E-state index in [9.17, 15) is 9.59 Å². The number of carboxylic acids is 1. The van der Waals surface area contributed by atoms with Gasteiger partial charge in [0.25, 0.3) is 0 Å². The molecule has 0 unspecified atom stereocenters. The van der Waals surface area contributed by atoms with E-state index >= 15 is 0 Å². The van der Waals surface area contributed by atoms with Crippen LogP contribution in [-0.2, 0) is 4.79 Å². The molecule has 0 bridgehead atoms. The van der Waals surface area contributed by atoms with Crippen LogP contribution < -0.4 is 10.6 Å². The number of carboxylic acid groups (broad SMARTS) is 1. The molecule has 1 rings (SSSR count). The van der Waals surface area contributed by atoms with E-state index < -0.39 is 18.0 Å². The van der Waals surface area contributed by atoms with Crippen molar-refractivity contribution in [3.8, 4) is 0 Å². The number of carbonyl (C=O) groups excluding carboxylic acids is 1. The third-order valence-electron chi connectivity index (χ3n) is 2.63. The molecule has 5 nitrogen and oxygen atoms in total. The number of aliphatic carboxylic acids is 1. The Morgan fingerprint density at radius 3 is 2.70 bits per heavy atom. The van der Waals surface area contributed by atoms with Gasteiger partial charge in [-0.05, 0) is 49.1 Å². The topological polar surface area (TPSA) is 78.4 Å². The van der Waals surface area contributed by atoms with Crippen LogP contribution in [0.5, 0.6) is 0 Å². The predicted octanol–water partition coefficient (Wildman–Crippen LogP) is 3.09. The van der Waals surface area contributed by atoms with Gasteiger partial charge >= 0.3 is 12.0 Å². The van der Waals surface area contributed by atoms with Gasteiger partial charge in [-0.2, -0.15) is 11.8 Å². The van der Waals surface area contributed by atoms with Gasteiger partial charge < -0.3 is 15.7 Å². The lowest BCUT2D eigenvalue weighted by Crippen LogP contribution is -2.43. The first-order valence-electron chi connectivity index (χ1n) is 5.99. The fourth-order valence-corrected chi connectivity index (χ4v) is 2.26. The van der Waals surface area contributed by atoms with Crippen molar-refractivity contribution in [2.75, 3.05) is 17.3 Å². The summed E-state index contributed by atoms with van der Waals surface area (Å²) < 4.78 is 0.951. The molecule has 3 N–H and O–H groups in total. The van der Waals surface area contributed by atoms with Gasteiger partial charge in [-0.1, -0.05) is 15.9 Å². The number of hydrogen-bond acceptors (Lipinski definition) is 3. The highest BCUT2D eigenvalue weighted by Gasteiger charge is 2.19. The Hall–Kier alpha value is -1.21. The normalized spacial score (nSPS) is 11.8. The first-order valence-corrected chi connectivity index (χ1v) is 8.18. The minimum Gasteiger partial charge on any atom is -0.480 e. The lowest BCUT2D eigenvalue weighted by Gasteiger charge is -2.15. The summed E-state index contributed by atoms with van der Waals surface area (Å²) in [5, 5.41) is 14.1. The number of rotatable bonds is 6. The fourth-order valence-electron chi connectivity index (χ4n) is 1.54. The lowest BCUT2D eigenvalue weighted by molar-refractivity contribution is -0.139. The summed E-state index contributed by atoms with van der Waals surface area (Å²) in [5.41, 5.74) is 1.61. The number of amides is 2. The number of carbonyl (C=O) groups is 2. The molecule has 0 fully saturated rings. The minimum absolute atomic E-state index is 0.392. The fraction of sp³-hybridized carbons (Fsp3) is 0.385. The highest BCUT2D eigenvalue weighted by atomic mass is 79.9. The molecule has 7 heteroatoms. The quantitative estimate of drug-likeness (QED) is 0.728. The van der Waals surface area contributed by atoms with Crippen molar-refractivity contribution in [1.29, 1.82) is 0 Å². The Morgan fingerprint density at radius 2 is 2.15 bits per heavy atom. The van der Waals surface area contributed by atoms with Crippen molar-refractivity contribution in [1.82, 2.24) is 5.32 Å². The zero-order valence-electron chi connectivity index (χ0n) is 11.3. The molecule has 20 heavy (non-hydrogen) atoms. The summed E-state index contributed by atoms with van der Waals surface area (Å²) in [6.07, 6.45) is 2.28. The van der Waals surface area contributed by atoms with Crippen LogP contribution in [0.25, 0.3) is 0 Å². The molecule has 0 heterocycles. The third-order valence-corrected chi connectivity index (χ3v) is 4.16. The van der Waals surface area contributed by atoms with Crippen molar-refractivity contribution in [2.24, 2.45) is 0 Å². The molecule has 2 amide bonds. The molecule has 0 saturated heterocycles. The van der Waals surface area contributed by atoms with Gasteiger partial charge in [-0.25, -0.2) is 9.59 Å². The molecular weight excluding hydrogens is 344 g/mol. The number of halogens is 1. The van der Waals surface area contributed by atoms with Gasteiger partial charge in [0, 0.05) is 10.2 Å². The van der Waals surface area contributed by atoms with E-state index in [-0.39, 0.29) is 0 Å².